The van der Waals surface area contributed by atoms with E-state index in [2.05, 4.69) is 0 Å². The fraction of sp³-hybridized carbons (Fsp3) is 0.133. The van der Waals surface area contributed by atoms with Gasteiger partial charge in [0, 0.05) is 5.56 Å². The third-order valence-electron chi connectivity index (χ3n) is 2.70. The summed E-state index contributed by atoms with van der Waals surface area (Å²) in [4.78, 5) is 11.1. The number of halogens is 1. The minimum absolute atomic E-state index is 0.0221. The number of aromatic carboxylic acids is 1. The van der Waals surface area contributed by atoms with Gasteiger partial charge in [-0.3, -0.25) is 0 Å². The molecule has 0 radical (unpaired) electrons. The number of carboxylic acid groups (broad SMARTS) is 1. The van der Waals surface area contributed by atoms with Gasteiger partial charge in [0.05, 0.1) is 0 Å². The smallest absolute Gasteiger partial charge is 0.339 e. The number of rotatable bonds is 5. The molecular formula is C15H13FO3. The highest BCUT2D eigenvalue weighted by atomic mass is 19.1. The van der Waals surface area contributed by atoms with E-state index < -0.39 is 12.6 Å². The topological polar surface area (TPSA) is 46.5 Å². The number of hydrogen-bond donors (Lipinski definition) is 1. The molecule has 0 atom stereocenters. The number of carbonyl (C=O) groups is 1. The van der Waals surface area contributed by atoms with Crippen molar-refractivity contribution >= 4 is 5.97 Å². The van der Waals surface area contributed by atoms with Crippen LogP contribution in [0, 0.1) is 0 Å². The van der Waals surface area contributed by atoms with Crippen molar-refractivity contribution < 1.29 is 19.0 Å². The molecule has 0 aliphatic rings. The van der Waals surface area contributed by atoms with E-state index in [-0.39, 0.29) is 23.5 Å². The zero-order valence-corrected chi connectivity index (χ0v) is 10.2. The van der Waals surface area contributed by atoms with Crippen molar-refractivity contribution in [3.05, 3.63) is 65.2 Å². The molecule has 2 rings (SSSR count). The van der Waals surface area contributed by atoms with Crippen molar-refractivity contribution in [2.24, 2.45) is 0 Å². The largest absolute Gasteiger partial charge is 0.488 e. The van der Waals surface area contributed by atoms with Gasteiger partial charge in [0.1, 0.15) is 24.6 Å². The number of ether oxygens (including phenoxy) is 1. The normalized spacial score (nSPS) is 10.2. The Labute approximate surface area is 110 Å². The molecule has 0 aliphatic carbocycles. The Kier molecular flexibility index (Phi) is 4.13. The maximum atomic E-state index is 12.9. The van der Waals surface area contributed by atoms with Crippen LogP contribution in [-0.2, 0) is 13.3 Å². The first-order valence-corrected chi connectivity index (χ1v) is 5.80. The number of para-hydroxylation sites is 1. The van der Waals surface area contributed by atoms with Crippen LogP contribution < -0.4 is 4.74 Å². The van der Waals surface area contributed by atoms with Gasteiger partial charge < -0.3 is 9.84 Å². The van der Waals surface area contributed by atoms with Crippen LogP contribution in [0.5, 0.6) is 5.75 Å². The molecule has 0 aromatic heterocycles. The van der Waals surface area contributed by atoms with E-state index in [1.165, 1.54) is 18.2 Å². The molecule has 2 aromatic rings. The number of benzene rings is 2. The van der Waals surface area contributed by atoms with Gasteiger partial charge in [0.15, 0.2) is 0 Å². The predicted octanol–water partition coefficient (Wildman–Crippen LogP) is 3.43. The lowest BCUT2D eigenvalue weighted by Gasteiger charge is -2.12. The first-order chi connectivity index (χ1) is 9.22. The number of hydrogen-bond acceptors (Lipinski definition) is 2. The maximum absolute atomic E-state index is 12.9. The molecule has 0 aliphatic heterocycles. The van der Waals surface area contributed by atoms with Crippen LogP contribution in [0.15, 0.2) is 48.5 Å². The Balaban J connectivity index is 2.25. The van der Waals surface area contributed by atoms with E-state index >= 15 is 0 Å². The molecule has 0 amide bonds. The van der Waals surface area contributed by atoms with Gasteiger partial charge in [-0.25, -0.2) is 9.18 Å². The molecule has 1 N–H and O–H groups in total. The molecule has 0 saturated carbocycles. The molecule has 0 bridgehead atoms. The van der Waals surface area contributed by atoms with Crippen molar-refractivity contribution in [3.63, 3.8) is 0 Å². The van der Waals surface area contributed by atoms with Gasteiger partial charge in [-0.15, -0.1) is 0 Å². The van der Waals surface area contributed by atoms with Crippen molar-refractivity contribution in [1.82, 2.24) is 0 Å². The zero-order valence-electron chi connectivity index (χ0n) is 10.2. The summed E-state index contributed by atoms with van der Waals surface area (Å²) >= 11 is 0. The lowest BCUT2D eigenvalue weighted by atomic mass is 10.1. The summed E-state index contributed by atoms with van der Waals surface area (Å²) < 4.78 is 18.4. The first kappa shape index (κ1) is 13.1. The Morgan fingerprint density at radius 3 is 2.47 bits per heavy atom. The summed E-state index contributed by atoms with van der Waals surface area (Å²) in [7, 11) is 0. The van der Waals surface area contributed by atoms with Gasteiger partial charge in [-0.05, 0) is 11.6 Å². The van der Waals surface area contributed by atoms with Crippen molar-refractivity contribution in [3.8, 4) is 5.75 Å². The molecule has 0 spiro atoms. The average molecular weight is 260 g/mol. The Morgan fingerprint density at radius 2 is 1.84 bits per heavy atom. The highest BCUT2D eigenvalue weighted by Crippen LogP contribution is 2.26. The van der Waals surface area contributed by atoms with E-state index in [1.807, 2.05) is 30.3 Å². The predicted molar refractivity (Wildman–Crippen MR) is 69.0 cm³/mol. The molecule has 4 heteroatoms. The van der Waals surface area contributed by atoms with Crippen molar-refractivity contribution in [2.75, 3.05) is 0 Å². The van der Waals surface area contributed by atoms with Crippen molar-refractivity contribution in [2.45, 2.75) is 13.3 Å². The molecule has 0 unspecified atom stereocenters. The minimum atomic E-state index is -1.13. The Hall–Kier alpha value is -2.36. The van der Waals surface area contributed by atoms with Crippen LogP contribution in [0.1, 0.15) is 21.5 Å². The molecule has 0 heterocycles. The van der Waals surface area contributed by atoms with Gasteiger partial charge in [-0.2, -0.15) is 0 Å². The molecule has 2 aromatic carbocycles. The summed E-state index contributed by atoms with van der Waals surface area (Å²) in [6, 6.07) is 13.7. The minimum Gasteiger partial charge on any atom is -0.488 e. The summed E-state index contributed by atoms with van der Waals surface area (Å²) in [6.45, 7) is -0.552. The Bertz CT molecular complexity index is 567. The SMILES string of the molecule is O=C(O)c1cccc(CF)c1OCc1ccccc1. The van der Waals surface area contributed by atoms with Gasteiger partial charge in [0.2, 0.25) is 0 Å². The fourth-order valence-corrected chi connectivity index (χ4v) is 1.76. The third-order valence-corrected chi connectivity index (χ3v) is 2.70. The summed E-state index contributed by atoms with van der Waals surface area (Å²) in [5.74, 6) is -1.03. The van der Waals surface area contributed by atoms with Crippen LogP contribution >= 0.6 is 0 Å². The zero-order chi connectivity index (χ0) is 13.7. The van der Waals surface area contributed by atoms with Crippen LogP contribution in [0.4, 0.5) is 4.39 Å². The lowest BCUT2D eigenvalue weighted by Crippen LogP contribution is -2.05. The second kappa shape index (κ2) is 6.00. The molecule has 3 nitrogen and oxygen atoms in total. The van der Waals surface area contributed by atoms with E-state index in [0.717, 1.165) is 5.56 Å². The van der Waals surface area contributed by atoms with Gasteiger partial charge >= 0.3 is 5.97 Å². The standard InChI is InChI=1S/C15H13FO3/c16-9-12-7-4-8-13(15(17)18)14(12)19-10-11-5-2-1-3-6-11/h1-8H,9-10H2,(H,17,18). The van der Waals surface area contributed by atoms with Crippen molar-refractivity contribution in [1.29, 1.82) is 0 Å². The summed E-state index contributed by atoms with van der Waals surface area (Å²) in [6.07, 6.45) is 0. The number of alkyl halides is 1. The maximum Gasteiger partial charge on any atom is 0.339 e. The second-order valence-corrected chi connectivity index (χ2v) is 4.01. The van der Waals surface area contributed by atoms with Gasteiger partial charge in [0.25, 0.3) is 0 Å². The highest BCUT2D eigenvalue weighted by Gasteiger charge is 2.15. The van der Waals surface area contributed by atoms with Crippen LogP contribution in [0.3, 0.4) is 0 Å². The monoisotopic (exact) mass is 260 g/mol. The molecule has 0 fully saturated rings. The average Bonchev–Trinajstić information content (AvgIpc) is 2.45. The van der Waals surface area contributed by atoms with E-state index in [1.54, 1.807) is 0 Å². The van der Waals surface area contributed by atoms with Crippen LogP contribution in [0.25, 0.3) is 0 Å². The summed E-state index contributed by atoms with van der Waals surface area (Å²) in [5, 5.41) is 9.08. The molecule has 98 valence electrons. The fourth-order valence-electron chi connectivity index (χ4n) is 1.76. The van der Waals surface area contributed by atoms with E-state index in [0.29, 0.717) is 0 Å². The molecule has 0 saturated heterocycles. The lowest BCUT2D eigenvalue weighted by molar-refractivity contribution is 0.0691. The second-order valence-electron chi connectivity index (χ2n) is 4.01. The van der Waals surface area contributed by atoms with Crippen LogP contribution in [-0.4, -0.2) is 11.1 Å². The Morgan fingerprint density at radius 1 is 1.11 bits per heavy atom. The highest BCUT2D eigenvalue weighted by molar-refractivity contribution is 5.91. The van der Waals surface area contributed by atoms with Gasteiger partial charge in [-0.1, -0.05) is 42.5 Å². The first-order valence-electron chi connectivity index (χ1n) is 5.80. The third kappa shape index (κ3) is 3.10. The molecular weight excluding hydrogens is 247 g/mol. The van der Waals surface area contributed by atoms with E-state index in [9.17, 15) is 9.18 Å². The van der Waals surface area contributed by atoms with E-state index in [4.69, 9.17) is 9.84 Å². The summed E-state index contributed by atoms with van der Waals surface area (Å²) in [5.41, 5.74) is 1.12. The quantitative estimate of drug-likeness (QED) is 0.895. The van der Waals surface area contributed by atoms with Crippen LogP contribution in [0.2, 0.25) is 0 Å². The number of carboxylic acids is 1. The molecule has 19 heavy (non-hydrogen) atoms.